The summed E-state index contributed by atoms with van der Waals surface area (Å²) < 4.78 is 0. The number of nitrogens with one attached hydrogen (secondary N) is 3. The van der Waals surface area contributed by atoms with E-state index >= 15 is 0 Å². The molecule has 1 fully saturated rings. The van der Waals surface area contributed by atoms with E-state index < -0.39 is 0 Å². The summed E-state index contributed by atoms with van der Waals surface area (Å²) in [4.78, 5) is 14.3. The van der Waals surface area contributed by atoms with Crippen LogP contribution in [0.4, 0.5) is 5.69 Å². The van der Waals surface area contributed by atoms with E-state index in [9.17, 15) is 0 Å². The Kier molecular flexibility index (Phi) is 8.95. The highest BCUT2D eigenvalue weighted by Crippen LogP contribution is 2.35. The second-order valence-electron chi connectivity index (χ2n) is 10.1. The highest BCUT2D eigenvalue weighted by molar-refractivity contribution is 7.11. The Labute approximate surface area is 246 Å². The largest absolute Gasteiger partial charge is 0.358 e. The van der Waals surface area contributed by atoms with Crippen LogP contribution in [0.2, 0.25) is 0 Å². The minimum Gasteiger partial charge on any atom is -0.358 e. The molecule has 0 aliphatic heterocycles. The number of hydrogen-bond acceptors (Lipinski definition) is 5. The number of anilines is 1. The summed E-state index contributed by atoms with van der Waals surface area (Å²) in [5.41, 5.74) is 10.6. The van der Waals surface area contributed by atoms with Crippen molar-refractivity contribution in [1.29, 1.82) is 0 Å². The molecular weight excluding hydrogens is 524 g/mol. The number of aromatic nitrogens is 5. The summed E-state index contributed by atoms with van der Waals surface area (Å²) in [6.07, 6.45) is 13.9. The summed E-state index contributed by atoms with van der Waals surface area (Å²) >= 11 is 1.72. The van der Waals surface area contributed by atoms with Gasteiger partial charge in [0.25, 0.3) is 0 Å². The molecule has 7 heteroatoms. The molecule has 5 aromatic heterocycles. The van der Waals surface area contributed by atoms with Crippen molar-refractivity contribution in [1.82, 2.24) is 25.1 Å². The number of aryl methyl sites for hydroxylation is 1. The van der Waals surface area contributed by atoms with Crippen molar-refractivity contribution in [3.8, 4) is 22.6 Å². The normalized spacial score (nSPS) is 14.0. The van der Waals surface area contributed by atoms with Gasteiger partial charge in [0.05, 0.1) is 28.8 Å². The van der Waals surface area contributed by atoms with E-state index in [1.807, 2.05) is 44.4 Å². The maximum Gasteiger partial charge on any atom is 0.135 e. The van der Waals surface area contributed by atoms with Crippen molar-refractivity contribution in [2.24, 2.45) is 5.92 Å². The molecule has 210 valence electrons. The first-order valence-electron chi connectivity index (χ1n) is 14.4. The van der Waals surface area contributed by atoms with Crippen LogP contribution in [-0.4, -0.2) is 25.1 Å². The molecule has 1 aliphatic rings. The molecule has 0 atom stereocenters. The molecule has 1 aliphatic carbocycles. The maximum atomic E-state index is 5.03. The molecule has 0 radical (unpaired) electrons. The van der Waals surface area contributed by atoms with Gasteiger partial charge >= 0.3 is 0 Å². The topological polar surface area (TPSA) is 82.3 Å². The van der Waals surface area contributed by atoms with E-state index in [2.05, 4.69) is 81.3 Å². The second kappa shape index (κ2) is 13.0. The summed E-state index contributed by atoms with van der Waals surface area (Å²) in [5, 5.41) is 13.4. The average Bonchev–Trinajstić information content (AvgIpc) is 3.78. The molecule has 0 amide bonds. The van der Waals surface area contributed by atoms with Crippen LogP contribution in [0.3, 0.4) is 0 Å². The zero-order valence-corrected chi connectivity index (χ0v) is 24.9. The summed E-state index contributed by atoms with van der Waals surface area (Å²) in [6, 6.07) is 12.5. The van der Waals surface area contributed by atoms with Crippen molar-refractivity contribution in [2.75, 3.05) is 5.32 Å². The average molecular weight is 563 g/mol. The van der Waals surface area contributed by atoms with Gasteiger partial charge in [0.15, 0.2) is 0 Å². The lowest BCUT2D eigenvalue weighted by Gasteiger charge is -2.24. The Morgan fingerprint density at radius 2 is 1.93 bits per heavy atom. The van der Waals surface area contributed by atoms with Gasteiger partial charge in [0.1, 0.15) is 11.2 Å². The minimum atomic E-state index is 0.529. The van der Waals surface area contributed by atoms with Crippen LogP contribution in [0.5, 0.6) is 0 Å². The number of aromatic amines is 2. The smallest absolute Gasteiger partial charge is 0.135 e. The lowest BCUT2D eigenvalue weighted by Crippen LogP contribution is -2.14. The lowest BCUT2D eigenvalue weighted by atomic mass is 9.87. The summed E-state index contributed by atoms with van der Waals surface area (Å²) in [5.74, 6) is 0.529. The van der Waals surface area contributed by atoms with Gasteiger partial charge in [0, 0.05) is 39.2 Å². The number of fused-ring (bicyclic) bond motifs is 1. The Balaban J connectivity index is 0.00000165. The van der Waals surface area contributed by atoms with Crippen LogP contribution in [0.1, 0.15) is 62.1 Å². The van der Waals surface area contributed by atoms with Gasteiger partial charge in [-0.05, 0) is 61.4 Å². The number of thiophene rings is 1. The van der Waals surface area contributed by atoms with Gasteiger partial charge in [0.2, 0.25) is 0 Å². The Bertz CT molecular complexity index is 1660. The number of hydrogen-bond donors (Lipinski definition) is 3. The zero-order chi connectivity index (χ0) is 28.8. The molecule has 5 aromatic rings. The Morgan fingerprint density at radius 3 is 2.68 bits per heavy atom. The van der Waals surface area contributed by atoms with E-state index in [4.69, 9.17) is 4.98 Å². The van der Waals surface area contributed by atoms with Crippen molar-refractivity contribution in [2.45, 2.75) is 52.9 Å². The molecule has 6 rings (SSSR count). The van der Waals surface area contributed by atoms with Gasteiger partial charge in [-0.1, -0.05) is 64.5 Å². The number of nitrogens with zero attached hydrogens (tertiary/aromatic N) is 3. The van der Waals surface area contributed by atoms with Crippen LogP contribution in [0.15, 0.2) is 85.2 Å². The highest BCUT2D eigenvalue weighted by Gasteiger charge is 2.19. The standard InChI is InChI=1S/C32H32N6S.C2H6/c1-4-9-25(30-12-8-15-39-30)26-17-29(35-21(26)3)32-31-28(37-38-32)14-13-27(36-31)23-16-24(19-33-18-23)34-20(2)22-10-6-5-7-11-22;1-2/h4,8-9,12-19,22,34-35H,1-2,5-7,10-11H2,3H3,(H,37,38);1-2H3/b25-9+;. The number of pyridine rings is 2. The number of rotatable bonds is 8. The van der Waals surface area contributed by atoms with E-state index in [0.717, 1.165) is 61.9 Å². The molecule has 0 unspecified atom stereocenters. The molecule has 3 N–H and O–H groups in total. The van der Waals surface area contributed by atoms with Gasteiger partial charge in [-0.3, -0.25) is 10.1 Å². The van der Waals surface area contributed by atoms with Crippen LogP contribution in [-0.2, 0) is 0 Å². The van der Waals surface area contributed by atoms with E-state index in [1.54, 1.807) is 11.3 Å². The van der Waals surface area contributed by atoms with Gasteiger partial charge in [-0.15, -0.1) is 11.3 Å². The Hall–Kier alpha value is -4.23. The fourth-order valence-corrected chi connectivity index (χ4v) is 6.22. The molecule has 41 heavy (non-hydrogen) atoms. The third-order valence-corrected chi connectivity index (χ3v) is 8.38. The summed E-state index contributed by atoms with van der Waals surface area (Å²) in [7, 11) is 0. The monoisotopic (exact) mass is 562 g/mol. The van der Waals surface area contributed by atoms with Crippen LogP contribution < -0.4 is 5.32 Å². The maximum absolute atomic E-state index is 5.03. The van der Waals surface area contributed by atoms with Crippen molar-refractivity contribution < 1.29 is 0 Å². The van der Waals surface area contributed by atoms with Crippen LogP contribution in [0.25, 0.3) is 39.3 Å². The minimum absolute atomic E-state index is 0.529. The van der Waals surface area contributed by atoms with Gasteiger partial charge in [-0.25, -0.2) is 4.98 Å². The van der Waals surface area contributed by atoms with Crippen LogP contribution >= 0.6 is 11.3 Å². The predicted molar refractivity (Wildman–Crippen MR) is 174 cm³/mol. The van der Waals surface area contributed by atoms with Crippen molar-refractivity contribution in [3.63, 3.8) is 0 Å². The van der Waals surface area contributed by atoms with Crippen molar-refractivity contribution >= 4 is 33.6 Å². The number of allylic oxidation sites excluding steroid dienone is 3. The van der Waals surface area contributed by atoms with E-state index in [-0.39, 0.29) is 0 Å². The highest BCUT2D eigenvalue weighted by atomic mass is 32.1. The first-order chi connectivity index (χ1) is 20.1. The van der Waals surface area contributed by atoms with Crippen LogP contribution in [0, 0.1) is 12.8 Å². The Morgan fingerprint density at radius 1 is 1.10 bits per heavy atom. The molecular formula is C34H38N6S. The second-order valence-corrected chi connectivity index (χ2v) is 11.1. The molecule has 0 bridgehead atoms. The molecule has 5 heterocycles. The fraction of sp³-hybridized carbons (Fsp3) is 0.265. The molecule has 1 saturated carbocycles. The first-order valence-corrected chi connectivity index (χ1v) is 15.3. The molecule has 6 nitrogen and oxygen atoms in total. The molecule has 0 saturated heterocycles. The number of H-pyrrole nitrogens is 2. The third kappa shape index (κ3) is 6.10. The van der Waals surface area contributed by atoms with E-state index in [1.165, 1.54) is 37.0 Å². The molecule has 0 aromatic carbocycles. The lowest BCUT2D eigenvalue weighted by molar-refractivity contribution is 0.405. The first kappa shape index (κ1) is 28.3. The summed E-state index contributed by atoms with van der Waals surface area (Å²) in [6.45, 7) is 14.3. The van der Waals surface area contributed by atoms with Crippen molar-refractivity contribution in [3.05, 3.63) is 101 Å². The van der Waals surface area contributed by atoms with Gasteiger partial charge in [-0.2, -0.15) is 5.10 Å². The van der Waals surface area contributed by atoms with E-state index in [0.29, 0.717) is 5.92 Å². The zero-order valence-electron chi connectivity index (χ0n) is 24.1. The molecule has 0 spiro atoms. The third-order valence-electron chi connectivity index (χ3n) is 7.48. The quantitative estimate of drug-likeness (QED) is 0.164. The SMILES string of the molecule is C=C/C=C(/c1cccs1)c1cc(-c2n[nH]c3ccc(-c4cncc(NC(=C)C5CCCCC5)c4)nc23)[nH]c1C.CC. The fourth-order valence-electron chi connectivity index (χ4n) is 5.45. The predicted octanol–water partition coefficient (Wildman–Crippen LogP) is 9.53. The van der Waals surface area contributed by atoms with Gasteiger partial charge < -0.3 is 10.3 Å².